The van der Waals surface area contributed by atoms with Gasteiger partial charge >= 0.3 is 0 Å². The minimum Gasteiger partial charge on any atom is -0.504 e. The van der Waals surface area contributed by atoms with Crippen LogP contribution >= 0.6 is 0 Å². The van der Waals surface area contributed by atoms with Crippen molar-refractivity contribution < 1.29 is 19.4 Å². The number of methoxy groups -OCH3 is 1. The molecule has 0 spiro atoms. The molecule has 1 atom stereocenters. The standard InChI is InChI=1S/C25H28N2O4/c1-3-4-12-23(30)27-19-10-6-5-8-17(19)26-18-9-7-11-21(29)24(18)25(27)16-13-14-20(28)22(15-16)31-2/h5-6,8,10,13-15,25-26,28H,3-4,7,9,11-12H2,1-2H3/t25-/m1/s1. The molecule has 2 aromatic rings. The van der Waals surface area contributed by atoms with Crippen LogP contribution in [-0.4, -0.2) is 23.9 Å². The number of carbonyl (C=O) groups is 2. The van der Waals surface area contributed by atoms with E-state index in [-0.39, 0.29) is 17.4 Å². The van der Waals surface area contributed by atoms with Gasteiger partial charge in [-0.1, -0.05) is 31.5 Å². The minimum atomic E-state index is -0.585. The number of hydrogen-bond acceptors (Lipinski definition) is 5. The summed E-state index contributed by atoms with van der Waals surface area (Å²) >= 11 is 0. The smallest absolute Gasteiger partial charge is 0.227 e. The molecule has 1 heterocycles. The average molecular weight is 421 g/mol. The molecule has 0 aromatic heterocycles. The average Bonchev–Trinajstić information content (AvgIpc) is 2.93. The van der Waals surface area contributed by atoms with Crippen LogP contribution < -0.4 is 15.0 Å². The lowest BCUT2D eigenvalue weighted by Crippen LogP contribution is -2.38. The Hall–Kier alpha value is -3.28. The Morgan fingerprint density at radius 3 is 2.81 bits per heavy atom. The number of fused-ring (bicyclic) bond motifs is 1. The number of hydrogen-bond donors (Lipinski definition) is 2. The maximum absolute atomic E-state index is 13.5. The number of rotatable bonds is 5. The van der Waals surface area contributed by atoms with E-state index in [0.29, 0.717) is 24.2 Å². The number of aromatic hydroxyl groups is 1. The van der Waals surface area contributed by atoms with Crippen molar-refractivity contribution >= 4 is 23.1 Å². The van der Waals surface area contributed by atoms with Crippen LogP contribution in [0.4, 0.5) is 11.4 Å². The van der Waals surface area contributed by atoms with Crippen LogP contribution in [0.1, 0.15) is 57.1 Å². The van der Waals surface area contributed by atoms with Gasteiger partial charge in [0.15, 0.2) is 17.3 Å². The minimum absolute atomic E-state index is 0.0198. The zero-order chi connectivity index (χ0) is 22.0. The topological polar surface area (TPSA) is 78.9 Å². The lowest BCUT2D eigenvalue weighted by atomic mass is 9.85. The highest BCUT2D eigenvalue weighted by molar-refractivity contribution is 6.06. The van der Waals surface area contributed by atoms with Gasteiger partial charge in [-0.2, -0.15) is 0 Å². The Kier molecular flexibility index (Phi) is 5.98. The van der Waals surface area contributed by atoms with Crippen molar-refractivity contribution in [3.63, 3.8) is 0 Å². The molecular weight excluding hydrogens is 392 g/mol. The van der Waals surface area contributed by atoms with Crippen LogP contribution in [0, 0.1) is 0 Å². The molecule has 0 fully saturated rings. The molecule has 2 N–H and O–H groups in total. The summed E-state index contributed by atoms with van der Waals surface area (Å²) in [6.45, 7) is 2.05. The number of allylic oxidation sites excluding steroid dienone is 1. The zero-order valence-electron chi connectivity index (χ0n) is 18.0. The molecule has 0 radical (unpaired) electrons. The molecule has 31 heavy (non-hydrogen) atoms. The number of para-hydroxylation sites is 2. The number of anilines is 2. The second kappa shape index (κ2) is 8.84. The molecule has 6 nitrogen and oxygen atoms in total. The Morgan fingerprint density at radius 1 is 1.23 bits per heavy atom. The number of unbranched alkanes of at least 4 members (excludes halogenated alkanes) is 1. The fourth-order valence-electron chi connectivity index (χ4n) is 4.44. The molecule has 6 heteroatoms. The Morgan fingerprint density at radius 2 is 2.03 bits per heavy atom. The van der Waals surface area contributed by atoms with Gasteiger partial charge < -0.3 is 15.2 Å². The molecule has 1 amide bonds. The fourth-order valence-corrected chi connectivity index (χ4v) is 4.44. The van der Waals surface area contributed by atoms with Gasteiger partial charge in [-0.3, -0.25) is 14.5 Å². The highest BCUT2D eigenvalue weighted by atomic mass is 16.5. The molecule has 2 aromatic carbocycles. The molecule has 2 aliphatic rings. The number of nitrogens with zero attached hydrogens (tertiary/aromatic N) is 1. The Balaban J connectivity index is 1.96. The van der Waals surface area contributed by atoms with Crippen molar-refractivity contribution in [2.75, 3.05) is 17.3 Å². The van der Waals surface area contributed by atoms with Crippen LogP contribution in [0.5, 0.6) is 11.5 Å². The van der Waals surface area contributed by atoms with Gasteiger partial charge in [0.2, 0.25) is 5.91 Å². The number of nitrogens with one attached hydrogen (secondary N) is 1. The number of Topliss-reactive ketones (excluding diaryl/α,β-unsaturated/α-hetero) is 1. The highest BCUT2D eigenvalue weighted by Gasteiger charge is 2.39. The van der Waals surface area contributed by atoms with Gasteiger partial charge in [-0.15, -0.1) is 0 Å². The van der Waals surface area contributed by atoms with Crippen molar-refractivity contribution in [2.24, 2.45) is 0 Å². The van der Waals surface area contributed by atoms with Crippen LogP contribution in [0.2, 0.25) is 0 Å². The maximum atomic E-state index is 13.5. The molecule has 0 saturated carbocycles. The Labute approximate surface area is 182 Å². The second-order valence-electron chi connectivity index (χ2n) is 8.01. The summed E-state index contributed by atoms with van der Waals surface area (Å²) in [7, 11) is 1.49. The van der Waals surface area contributed by atoms with E-state index in [1.165, 1.54) is 7.11 Å². The van der Waals surface area contributed by atoms with Gasteiger partial charge in [0.1, 0.15) is 0 Å². The summed E-state index contributed by atoms with van der Waals surface area (Å²) in [5, 5.41) is 13.6. The molecule has 1 aliphatic heterocycles. The number of ether oxygens (including phenoxy) is 1. The van der Waals surface area contributed by atoms with Crippen molar-refractivity contribution in [2.45, 2.75) is 51.5 Å². The lowest BCUT2D eigenvalue weighted by molar-refractivity contribution is -0.119. The van der Waals surface area contributed by atoms with Gasteiger partial charge in [-0.05, 0) is 49.1 Å². The van der Waals surface area contributed by atoms with Gasteiger partial charge in [0.05, 0.1) is 24.5 Å². The summed E-state index contributed by atoms with van der Waals surface area (Å²) in [4.78, 5) is 28.5. The third-order valence-electron chi connectivity index (χ3n) is 5.97. The number of amides is 1. The first kappa shape index (κ1) is 21.0. The van der Waals surface area contributed by atoms with Gasteiger partial charge in [-0.25, -0.2) is 0 Å². The summed E-state index contributed by atoms with van der Waals surface area (Å²) in [5.74, 6) is 0.355. The van der Waals surface area contributed by atoms with E-state index in [1.54, 1.807) is 23.1 Å². The number of phenols is 1. The molecule has 0 unspecified atom stereocenters. The maximum Gasteiger partial charge on any atom is 0.227 e. The number of phenolic OH excluding ortho intramolecular Hbond substituents is 1. The monoisotopic (exact) mass is 420 g/mol. The van der Waals surface area contributed by atoms with E-state index >= 15 is 0 Å². The lowest BCUT2D eigenvalue weighted by Gasteiger charge is -2.34. The van der Waals surface area contributed by atoms with Crippen molar-refractivity contribution in [1.82, 2.24) is 0 Å². The zero-order valence-corrected chi connectivity index (χ0v) is 18.0. The molecule has 0 saturated heterocycles. The van der Waals surface area contributed by atoms with Crippen molar-refractivity contribution in [3.05, 3.63) is 59.3 Å². The van der Waals surface area contributed by atoms with Crippen molar-refractivity contribution in [3.8, 4) is 11.5 Å². The number of benzene rings is 2. The largest absolute Gasteiger partial charge is 0.504 e. The quantitative estimate of drug-likeness (QED) is 0.704. The predicted molar refractivity (Wildman–Crippen MR) is 120 cm³/mol. The van der Waals surface area contributed by atoms with Gasteiger partial charge in [0, 0.05) is 24.1 Å². The Bertz CT molecular complexity index is 1040. The first-order valence-electron chi connectivity index (χ1n) is 10.9. The fraction of sp³-hybridized carbons (Fsp3) is 0.360. The molecule has 4 rings (SSSR count). The number of ketones is 1. The van der Waals surface area contributed by atoms with Crippen LogP contribution in [0.15, 0.2) is 53.7 Å². The molecule has 162 valence electrons. The number of carbonyl (C=O) groups excluding carboxylic acids is 2. The van der Waals surface area contributed by atoms with E-state index in [4.69, 9.17) is 4.74 Å². The van der Waals surface area contributed by atoms with E-state index in [2.05, 4.69) is 12.2 Å². The predicted octanol–water partition coefficient (Wildman–Crippen LogP) is 5.10. The second-order valence-corrected chi connectivity index (χ2v) is 8.01. The third-order valence-corrected chi connectivity index (χ3v) is 5.97. The van der Waals surface area contributed by atoms with Crippen LogP contribution in [-0.2, 0) is 9.59 Å². The molecular formula is C25H28N2O4. The SMILES string of the molecule is CCCCC(=O)N1c2ccccc2NC2=C(C(=O)CCC2)[C@H]1c1ccc(O)c(OC)c1. The van der Waals surface area contributed by atoms with E-state index in [1.807, 2.05) is 24.3 Å². The summed E-state index contributed by atoms with van der Waals surface area (Å²) in [6.07, 6.45) is 4.06. The summed E-state index contributed by atoms with van der Waals surface area (Å²) in [5.41, 5.74) is 3.80. The first-order valence-corrected chi connectivity index (χ1v) is 10.9. The summed E-state index contributed by atoms with van der Waals surface area (Å²) in [6, 6.07) is 12.2. The van der Waals surface area contributed by atoms with Crippen LogP contribution in [0.25, 0.3) is 0 Å². The van der Waals surface area contributed by atoms with Crippen molar-refractivity contribution in [1.29, 1.82) is 0 Å². The third kappa shape index (κ3) is 3.90. The van der Waals surface area contributed by atoms with E-state index < -0.39 is 6.04 Å². The van der Waals surface area contributed by atoms with E-state index in [9.17, 15) is 14.7 Å². The first-order chi connectivity index (χ1) is 15.0. The molecule has 1 aliphatic carbocycles. The van der Waals surface area contributed by atoms with Crippen LogP contribution in [0.3, 0.4) is 0 Å². The highest BCUT2D eigenvalue weighted by Crippen LogP contribution is 2.46. The normalized spacial score (nSPS) is 18.1. The molecule has 0 bridgehead atoms. The summed E-state index contributed by atoms with van der Waals surface area (Å²) < 4.78 is 5.33. The van der Waals surface area contributed by atoms with E-state index in [0.717, 1.165) is 48.3 Å². The van der Waals surface area contributed by atoms with Gasteiger partial charge in [0.25, 0.3) is 0 Å².